The molecule has 0 aliphatic rings. The van der Waals surface area contributed by atoms with Gasteiger partial charge < -0.3 is 9.72 Å². The summed E-state index contributed by atoms with van der Waals surface area (Å²) in [5.41, 5.74) is 2.08. The van der Waals surface area contributed by atoms with E-state index in [1.165, 1.54) is 11.1 Å². The van der Waals surface area contributed by atoms with Gasteiger partial charge in [-0.3, -0.25) is 4.79 Å². The van der Waals surface area contributed by atoms with Crippen molar-refractivity contribution in [3.05, 3.63) is 35.0 Å². The number of aromatic nitrogens is 1. The molecule has 1 aromatic carbocycles. The van der Waals surface area contributed by atoms with Crippen LogP contribution in [0.3, 0.4) is 0 Å². The molecule has 1 heterocycles. The van der Waals surface area contributed by atoms with Crippen LogP contribution < -0.4 is 0 Å². The van der Waals surface area contributed by atoms with Gasteiger partial charge in [-0.15, -0.1) is 0 Å². The van der Waals surface area contributed by atoms with Crippen molar-refractivity contribution in [2.75, 3.05) is 5.33 Å². The highest BCUT2D eigenvalue weighted by Gasteiger charge is 2.07. The van der Waals surface area contributed by atoms with Gasteiger partial charge in [0.15, 0.2) is 0 Å². The second kappa shape index (κ2) is 7.70. The molecule has 0 aliphatic heterocycles. The minimum Gasteiger partial charge on any atom is -0.462 e. The minimum atomic E-state index is -0.318. The van der Waals surface area contributed by atoms with E-state index < -0.39 is 0 Å². The SMILES string of the molecule is CC(C)(C)OC=O.Clc1ccc2[nH]c(CCBr)cc2c1. The molecule has 110 valence electrons. The lowest BCUT2D eigenvalue weighted by atomic mass is 10.2. The Kier molecular flexibility index (Phi) is 6.56. The Hall–Kier alpha value is -1.000. The minimum absolute atomic E-state index is 0.318. The first-order valence-corrected chi connectivity index (χ1v) is 7.80. The Balaban J connectivity index is 0.000000246. The lowest BCUT2D eigenvalue weighted by Gasteiger charge is -2.14. The first-order chi connectivity index (χ1) is 9.35. The summed E-state index contributed by atoms with van der Waals surface area (Å²) in [6.45, 7) is 5.92. The standard InChI is InChI=1S/C10H9BrClN.C5H10O2/c11-4-3-9-6-7-5-8(12)1-2-10(7)13-9;1-5(2,3)7-4-6/h1-2,5-6,13H,3-4H2;4H,1-3H3. The number of benzene rings is 1. The quantitative estimate of drug-likeness (QED) is 0.636. The van der Waals surface area contributed by atoms with E-state index in [2.05, 4.69) is 31.7 Å². The Bertz CT molecular complexity index is 560. The van der Waals surface area contributed by atoms with Crippen LogP contribution in [0.5, 0.6) is 0 Å². The van der Waals surface area contributed by atoms with Crippen LogP contribution in [0.1, 0.15) is 26.5 Å². The number of ether oxygens (including phenoxy) is 1. The summed E-state index contributed by atoms with van der Waals surface area (Å²) in [7, 11) is 0. The van der Waals surface area contributed by atoms with Crippen LogP contribution in [-0.2, 0) is 16.0 Å². The second-order valence-electron chi connectivity index (χ2n) is 5.29. The molecule has 0 fully saturated rings. The number of fused-ring (bicyclic) bond motifs is 1. The maximum atomic E-state index is 9.60. The van der Waals surface area contributed by atoms with Crippen LogP contribution in [0, 0.1) is 0 Å². The number of hydrogen-bond donors (Lipinski definition) is 1. The summed E-state index contributed by atoms with van der Waals surface area (Å²) in [6.07, 6.45) is 1.02. The molecule has 20 heavy (non-hydrogen) atoms. The lowest BCUT2D eigenvalue weighted by molar-refractivity contribution is -0.138. The van der Waals surface area contributed by atoms with Gasteiger partial charge in [-0.05, 0) is 51.5 Å². The summed E-state index contributed by atoms with van der Waals surface area (Å²) >= 11 is 9.29. The zero-order valence-corrected chi connectivity index (χ0v) is 14.2. The maximum absolute atomic E-state index is 9.60. The van der Waals surface area contributed by atoms with Gasteiger partial charge in [-0.25, -0.2) is 0 Å². The van der Waals surface area contributed by atoms with E-state index in [-0.39, 0.29) is 5.60 Å². The lowest BCUT2D eigenvalue weighted by Crippen LogP contribution is -2.17. The van der Waals surface area contributed by atoms with Gasteiger partial charge in [0.25, 0.3) is 6.47 Å². The zero-order valence-electron chi connectivity index (χ0n) is 11.9. The number of carbonyl (C=O) groups excluding carboxylic acids is 1. The Morgan fingerprint density at radius 3 is 2.55 bits per heavy atom. The first kappa shape index (κ1) is 17.1. The first-order valence-electron chi connectivity index (χ1n) is 6.30. The normalized spacial score (nSPS) is 10.8. The van der Waals surface area contributed by atoms with Gasteiger partial charge in [-0.2, -0.15) is 0 Å². The van der Waals surface area contributed by atoms with E-state index in [1.807, 2.05) is 39.0 Å². The van der Waals surface area contributed by atoms with E-state index in [0.29, 0.717) is 6.47 Å². The molecule has 5 heteroatoms. The van der Waals surface area contributed by atoms with Crippen molar-refractivity contribution in [2.24, 2.45) is 0 Å². The highest BCUT2D eigenvalue weighted by molar-refractivity contribution is 9.09. The Morgan fingerprint density at radius 2 is 2.05 bits per heavy atom. The Labute approximate surface area is 132 Å². The molecule has 0 saturated heterocycles. The third kappa shape index (κ3) is 5.97. The molecule has 1 aromatic heterocycles. The van der Waals surface area contributed by atoms with Crippen molar-refractivity contribution in [1.29, 1.82) is 0 Å². The second-order valence-corrected chi connectivity index (χ2v) is 6.52. The predicted molar refractivity (Wildman–Crippen MR) is 87.7 cm³/mol. The molecule has 1 N–H and O–H groups in total. The fourth-order valence-corrected chi connectivity index (χ4v) is 2.15. The number of nitrogens with one attached hydrogen (secondary N) is 1. The summed E-state index contributed by atoms with van der Waals surface area (Å²) in [5, 5.41) is 2.95. The van der Waals surface area contributed by atoms with Gasteiger partial charge in [0.05, 0.1) is 0 Å². The van der Waals surface area contributed by atoms with Crippen LogP contribution in [-0.4, -0.2) is 22.4 Å². The number of carbonyl (C=O) groups is 1. The van der Waals surface area contributed by atoms with Crippen molar-refractivity contribution in [3.63, 3.8) is 0 Å². The number of aromatic amines is 1. The number of aryl methyl sites for hydroxylation is 1. The number of alkyl halides is 1. The summed E-state index contributed by atoms with van der Waals surface area (Å²) in [4.78, 5) is 12.9. The fraction of sp³-hybridized carbons (Fsp3) is 0.400. The molecule has 0 atom stereocenters. The monoisotopic (exact) mass is 359 g/mol. The molecule has 0 aliphatic carbocycles. The average molecular weight is 361 g/mol. The molecule has 0 saturated carbocycles. The average Bonchev–Trinajstić information content (AvgIpc) is 2.70. The van der Waals surface area contributed by atoms with Crippen molar-refractivity contribution < 1.29 is 9.53 Å². The highest BCUT2D eigenvalue weighted by atomic mass is 79.9. The van der Waals surface area contributed by atoms with Gasteiger partial charge in [-0.1, -0.05) is 27.5 Å². The topological polar surface area (TPSA) is 42.1 Å². The zero-order chi connectivity index (χ0) is 15.2. The molecule has 2 rings (SSSR count). The highest BCUT2D eigenvalue weighted by Crippen LogP contribution is 2.20. The van der Waals surface area contributed by atoms with E-state index in [4.69, 9.17) is 11.6 Å². The molecule has 0 radical (unpaired) electrons. The number of rotatable bonds is 3. The van der Waals surface area contributed by atoms with E-state index in [0.717, 1.165) is 22.3 Å². The smallest absolute Gasteiger partial charge is 0.293 e. The van der Waals surface area contributed by atoms with E-state index >= 15 is 0 Å². The molecule has 0 spiro atoms. The van der Waals surface area contributed by atoms with Gasteiger partial charge >= 0.3 is 0 Å². The fourth-order valence-electron chi connectivity index (χ4n) is 1.54. The summed E-state index contributed by atoms with van der Waals surface area (Å²) in [6, 6.07) is 8.03. The van der Waals surface area contributed by atoms with Crippen molar-refractivity contribution in [3.8, 4) is 0 Å². The predicted octanol–water partition coefficient (Wildman–Crippen LogP) is 4.72. The largest absolute Gasteiger partial charge is 0.462 e. The van der Waals surface area contributed by atoms with E-state index in [1.54, 1.807) is 0 Å². The molecule has 0 amide bonds. The third-order valence-electron chi connectivity index (χ3n) is 2.40. The maximum Gasteiger partial charge on any atom is 0.293 e. The Morgan fingerprint density at radius 1 is 1.35 bits per heavy atom. The van der Waals surface area contributed by atoms with Crippen LogP contribution in [0.15, 0.2) is 24.3 Å². The van der Waals surface area contributed by atoms with Crippen molar-refractivity contribution in [2.45, 2.75) is 32.8 Å². The van der Waals surface area contributed by atoms with Crippen LogP contribution in [0.2, 0.25) is 5.02 Å². The van der Waals surface area contributed by atoms with Crippen LogP contribution in [0.25, 0.3) is 10.9 Å². The van der Waals surface area contributed by atoms with Crippen LogP contribution in [0.4, 0.5) is 0 Å². The molecule has 0 bridgehead atoms. The molecule has 2 aromatic rings. The third-order valence-corrected chi connectivity index (χ3v) is 3.04. The van der Waals surface area contributed by atoms with Gasteiger partial charge in [0.1, 0.15) is 5.60 Å². The molecular formula is C15H19BrClNO2. The number of halogens is 2. The number of H-pyrrole nitrogens is 1. The summed E-state index contributed by atoms with van der Waals surface area (Å²) in [5.74, 6) is 0. The van der Waals surface area contributed by atoms with Gasteiger partial charge in [0, 0.05) is 26.9 Å². The van der Waals surface area contributed by atoms with Crippen molar-refractivity contribution in [1.82, 2.24) is 4.98 Å². The molecule has 3 nitrogen and oxygen atoms in total. The molecular weight excluding hydrogens is 342 g/mol. The molecule has 0 unspecified atom stereocenters. The van der Waals surface area contributed by atoms with Crippen LogP contribution >= 0.6 is 27.5 Å². The van der Waals surface area contributed by atoms with E-state index in [9.17, 15) is 4.79 Å². The van der Waals surface area contributed by atoms with Crippen molar-refractivity contribution >= 4 is 44.9 Å². The number of hydrogen-bond acceptors (Lipinski definition) is 2. The summed E-state index contributed by atoms with van der Waals surface area (Å²) < 4.78 is 4.55. The van der Waals surface area contributed by atoms with Gasteiger partial charge in [0.2, 0.25) is 0 Å².